The van der Waals surface area contributed by atoms with E-state index in [1.54, 1.807) is 12.4 Å². The first kappa shape index (κ1) is 12.5. The molecule has 1 rings (SSSR count). The summed E-state index contributed by atoms with van der Waals surface area (Å²) in [5, 5.41) is 14.4. The van der Waals surface area contributed by atoms with Gasteiger partial charge in [-0.3, -0.25) is 4.18 Å². The van der Waals surface area contributed by atoms with Gasteiger partial charge in [0.15, 0.2) is 0 Å². The van der Waals surface area contributed by atoms with Crippen LogP contribution in [0, 0.1) is 6.92 Å². The Labute approximate surface area is 92.0 Å². The first-order valence-corrected chi connectivity index (χ1v) is 6.45. The van der Waals surface area contributed by atoms with Crippen molar-refractivity contribution in [1.82, 2.24) is 4.98 Å². The number of nitrogens with zero attached hydrogens (tertiary/aromatic N) is 1. The molecule has 8 heteroatoms. The standard InChI is InChI=1S/C7H12N2O4S2/c1-4-7(14-3-9-4)6(10)5(2)13-15(8,11)12/h3,5-6,10H,1-2H3,(H2,8,11,12). The molecular formula is C7H12N2O4S2. The lowest BCUT2D eigenvalue weighted by molar-refractivity contribution is 0.0527. The summed E-state index contributed by atoms with van der Waals surface area (Å²) in [5.74, 6) is 0. The number of aromatic nitrogens is 1. The zero-order valence-corrected chi connectivity index (χ0v) is 9.88. The highest BCUT2D eigenvalue weighted by molar-refractivity contribution is 7.84. The lowest BCUT2D eigenvalue weighted by Gasteiger charge is -2.16. The molecule has 0 saturated carbocycles. The molecule has 15 heavy (non-hydrogen) atoms. The summed E-state index contributed by atoms with van der Waals surface area (Å²) in [5.41, 5.74) is 2.22. The highest BCUT2D eigenvalue weighted by Gasteiger charge is 2.24. The van der Waals surface area contributed by atoms with Crippen LogP contribution in [0.3, 0.4) is 0 Å². The molecule has 0 aliphatic rings. The van der Waals surface area contributed by atoms with Crippen molar-refractivity contribution >= 4 is 21.6 Å². The smallest absolute Gasteiger partial charge is 0.333 e. The van der Waals surface area contributed by atoms with Crippen molar-refractivity contribution in [1.29, 1.82) is 0 Å². The van der Waals surface area contributed by atoms with Crippen LogP contribution < -0.4 is 5.14 Å². The fourth-order valence-corrected chi connectivity index (χ4v) is 2.48. The molecule has 1 aromatic rings. The van der Waals surface area contributed by atoms with Crippen LogP contribution in [0.4, 0.5) is 0 Å². The first-order valence-electron chi connectivity index (χ1n) is 4.10. The molecule has 3 N–H and O–H groups in total. The van der Waals surface area contributed by atoms with E-state index in [4.69, 9.17) is 5.14 Å². The molecule has 1 aromatic heterocycles. The summed E-state index contributed by atoms with van der Waals surface area (Å²) in [6.07, 6.45) is -1.98. The second-order valence-corrected chi connectivity index (χ2v) is 5.11. The Kier molecular flexibility index (Phi) is 3.79. The number of thiazole rings is 1. The molecule has 0 spiro atoms. The topological polar surface area (TPSA) is 103 Å². The normalized spacial score (nSPS) is 16.3. The van der Waals surface area contributed by atoms with Gasteiger partial charge in [-0.05, 0) is 13.8 Å². The number of hydrogen-bond acceptors (Lipinski definition) is 6. The van der Waals surface area contributed by atoms with Gasteiger partial charge in [0, 0.05) is 0 Å². The summed E-state index contributed by atoms with van der Waals surface area (Å²) in [6.45, 7) is 3.15. The summed E-state index contributed by atoms with van der Waals surface area (Å²) in [6, 6.07) is 0. The average molecular weight is 252 g/mol. The van der Waals surface area contributed by atoms with Gasteiger partial charge in [0.25, 0.3) is 0 Å². The van der Waals surface area contributed by atoms with E-state index in [1.807, 2.05) is 0 Å². The largest absolute Gasteiger partial charge is 0.385 e. The second-order valence-electron chi connectivity index (χ2n) is 3.04. The first-order chi connectivity index (χ1) is 6.81. The van der Waals surface area contributed by atoms with Gasteiger partial charge >= 0.3 is 10.3 Å². The molecule has 0 aliphatic heterocycles. The molecular weight excluding hydrogens is 240 g/mol. The van der Waals surface area contributed by atoms with Gasteiger partial charge in [-0.1, -0.05) is 0 Å². The zero-order valence-electron chi connectivity index (χ0n) is 8.25. The van der Waals surface area contributed by atoms with Gasteiger partial charge in [0.1, 0.15) is 12.2 Å². The Balaban J connectivity index is 2.78. The molecule has 0 amide bonds. The van der Waals surface area contributed by atoms with Crippen LogP contribution in [0.15, 0.2) is 5.51 Å². The van der Waals surface area contributed by atoms with E-state index < -0.39 is 22.5 Å². The molecule has 0 radical (unpaired) electrons. The Bertz CT molecular complexity index is 428. The van der Waals surface area contributed by atoms with Crippen LogP contribution >= 0.6 is 11.3 Å². The third kappa shape index (κ3) is 3.50. The predicted molar refractivity (Wildman–Crippen MR) is 55.5 cm³/mol. The SMILES string of the molecule is Cc1ncsc1C(O)C(C)OS(N)(=O)=O. The Morgan fingerprint density at radius 3 is 2.67 bits per heavy atom. The third-order valence-electron chi connectivity index (χ3n) is 1.78. The number of rotatable bonds is 4. The lowest BCUT2D eigenvalue weighted by Crippen LogP contribution is -2.26. The van der Waals surface area contributed by atoms with E-state index in [9.17, 15) is 13.5 Å². The number of hydrogen-bond donors (Lipinski definition) is 2. The van der Waals surface area contributed by atoms with Crippen molar-refractivity contribution in [2.75, 3.05) is 0 Å². The predicted octanol–water partition coefficient (Wildman–Crippen LogP) is 0.0935. The van der Waals surface area contributed by atoms with Crippen molar-refractivity contribution in [3.05, 3.63) is 16.1 Å². The Morgan fingerprint density at radius 2 is 2.27 bits per heavy atom. The zero-order chi connectivity index (χ0) is 11.6. The highest BCUT2D eigenvalue weighted by atomic mass is 32.2. The quantitative estimate of drug-likeness (QED) is 0.790. The minimum absolute atomic E-state index is 0.575. The van der Waals surface area contributed by atoms with E-state index in [0.29, 0.717) is 10.6 Å². The van der Waals surface area contributed by atoms with Gasteiger partial charge in [0.2, 0.25) is 0 Å². The number of aliphatic hydroxyl groups excluding tert-OH is 1. The van der Waals surface area contributed by atoms with Gasteiger partial charge in [-0.15, -0.1) is 11.3 Å². The maximum atomic E-state index is 10.6. The van der Waals surface area contributed by atoms with Crippen molar-refractivity contribution in [2.45, 2.75) is 26.1 Å². The Hall–Kier alpha value is -0.540. The number of aryl methyl sites for hydroxylation is 1. The van der Waals surface area contributed by atoms with Crippen molar-refractivity contribution in [2.24, 2.45) is 5.14 Å². The van der Waals surface area contributed by atoms with Crippen LogP contribution in [0.1, 0.15) is 23.6 Å². The highest BCUT2D eigenvalue weighted by Crippen LogP contribution is 2.26. The summed E-state index contributed by atoms with van der Waals surface area (Å²) >= 11 is 1.24. The van der Waals surface area contributed by atoms with E-state index in [-0.39, 0.29) is 0 Å². The number of aliphatic hydroxyl groups is 1. The summed E-state index contributed by atoms with van der Waals surface area (Å²) in [7, 11) is -4.05. The van der Waals surface area contributed by atoms with E-state index >= 15 is 0 Å². The fourth-order valence-electron chi connectivity index (χ4n) is 1.07. The van der Waals surface area contributed by atoms with Crippen molar-refractivity contribution in [3.8, 4) is 0 Å². The van der Waals surface area contributed by atoms with Crippen LogP contribution in [0.25, 0.3) is 0 Å². The molecule has 6 nitrogen and oxygen atoms in total. The van der Waals surface area contributed by atoms with E-state index in [1.165, 1.54) is 18.3 Å². The molecule has 0 fully saturated rings. The molecule has 2 atom stereocenters. The molecule has 0 aliphatic carbocycles. The van der Waals surface area contributed by atoms with Gasteiger partial charge < -0.3 is 5.11 Å². The molecule has 2 unspecified atom stereocenters. The van der Waals surface area contributed by atoms with Crippen molar-refractivity contribution < 1.29 is 17.7 Å². The average Bonchev–Trinajstić information content (AvgIpc) is 2.47. The van der Waals surface area contributed by atoms with Crippen LogP contribution in [0.5, 0.6) is 0 Å². The molecule has 1 heterocycles. The van der Waals surface area contributed by atoms with Gasteiger partial charge in [-0.25, -0.2) is 10.1 Å². The van der Waals surface area contributed by atoms with Crippen LogP contribution in [-0.4, -0.2) is 24.6 Å². The molecule has 86 valence electrons. The van der Waals surface area contributed by atoms with Crippen LogP contribution in [0.2, 0.25) is 0 Å². The lowest BCUT2D eigenvalue weighted by atomic mass is 10.2. The maximum Gasteiger partial charge on any atom is 0.333 e. The minimum Gasteiger partial charge on any atom is -0.385 e. The van der Waals surface area contributed by atoms with Gasteiger partial charge in [0.05, 0.1) is 16.1 Å². The van der Waals surface area contributed by atoms with E-state index in [0.717, 1.165) is 0 Å². The monoisotopic (exact) mass is 252 g/mol. The second kappa shape index (κ2) is 4.54. The third-order valence-corrected chi connectivity index (χ3v) is 3.36. The van der Waals surface area contributed by atoms with Gasteiger partial charge in [-0.2, -0.15) is 8.42 Å². The summed E-state index contributed by atoms with van der Waals surface area (Å²) < 4.78 is 25.7. The van der Waals surface area contributed by atoms with Crippen LogP contribution in [-0.2, 0) is 14.5 Å². The minimum atomic E-state index is -4.05. The van der Waals surface area contributed by atoms with E-state index in [2.05, 4.69) is 9.17 Å². The molecule has 0 saturated heterocycles. The molecule has 0 bridgehead atoms. The maximum absolute atomic E-state index is 10.6. The Morgan fingerprint density at radius 1 is 1.67 bits per heavy atom. The number of nitrogens with two attached hydrogens (primary N) is 1. The van der Waals surface area contributed by atoms with Crippen molar-refractivity contribution in [3.63, 3.8) is 0 Å². The molecule has 0 aromatic carbocycles. The fraction of sp³-hybridized carbons (Fsp3) is 0.571. The summed E-state index contributed by atoms with van der Waals surface area (Å²) in [4.78, 5) is 4.51.